The molecule has 0 spiro atoms. The van der Waals surface area contributed by atoms with E-state index in [1.54, 1.807) is 28.9 Å². The van der Waals surface area contributed by atoms with Crippen LogP contribution in [0.4, 0.5) is 0 Å². The van der Waals surface area contributed by atoms with Crippen LogP contribution < -0.4 is 15.5 Å². The summed E-state index contributed by atoms with van der Waals surface area (Å²) in [6, 6.07) is 20.4. The molecule has 2 aromatic carbocycles. The zero-order valence-corrected chi connectivity index (χ0v) is 17.1. The number of aromatic nitrogens is 1. The van der Waals surface area contributed by atoms with Gasteiger partial charge in [0.1, 0.15) is 5.75 Å². The first-order valence-corrected chi connectivity index (χ1v) is 10.1. The maximum Gasteiger partial charge on any atom is 0.270 e. The fraction of sp³-hybridized carbons (Fsp3) is 0.250. The van der Waals surface area contributed by atoms with Crippen LogP contribution in [0, 0.1) is 13.8 Å². The molecule has 2 N–H and O–H groups in total. The number of amides is 2. The number of ether oxygens (including phenoxy) is 1. The molecule has 4 rings (SSSR count). The molecule has 0 unspecified atom stereocenters. The van der Waals surface area contributed by atoms with Crippen LogP contribution >= 0.6 is 0 Å². The Balaban J connectivity index is 1.47. The lowest BCUT2D eigenvalue weighted by molar-refractivity contribution is -0.128. The molecular formula is C24H25N3O3. The number of carbonyl (C=O) groups is 2. The van der Waals surface area contributed by atoms with Gasteiger partial charge in [-0.05, 0) is 63.1 Å². The van der Waals surface area contributed by atoms with E-state index in [1.165, 1.54) is 0 Å². The van der Waals surface area contributed by atoms with Crippen molar-refractivity contribution in [3.8, 4) is 5.75 Å². The van der Waals surface area contributed by atoms with E-state index < -0.39 is 6.10 Å². The zero-order valence-electron chi connectivity index (χ0n) is 17.1. The van der Waals surface area contributed by atoms with Gasteiger partial charge in [0, 0.05) is 28.6 Å². The number of rotatable bonds is 7. The van der Waals surface area contributed by atoms with Crippen LogP contribution in [-0.2, 0) is 4.79 Å². The molecule has 2 amide bonds. The Morgan fingerprint density at radius 3 is 2.17 bits per heavy atom. The summed E-state index contributed by atoms with van der Waals surface area (Å²) in [6.45, 7) is 3.86. The number of hydrogen-bond acceptors (Lipinski definition) is 3. The van der Waals surface area contributed by atoms with Crippen LogP contribution in [0.1, 0.15) is 46.3 Å². The van der Waals surface area contributed by atoms with E-state index in [0.29, 0.717) is 11.3 Å². The van der Waals surface area contributed by atoms with E-state index >= 15 is 0 Å². The normalized spacial score (nSPS) is 14.1. The Morgan fingerprint density at radius 1 is 0.933 bits per heavy atom. The van der Waals surface area contributed by atoms with Crippen LogP contribution in [0.5, 0.6) is 5.75 Å². The highest BCUT2D eigenvalue weighted by Gasteiger charge is 2.29. The topological polar surface area (TPSA) is 72.4 Å². The van der Waals surface area contributed by atoms with Crippen molar-refractivity contribution in [3.05, 3.63) is 89.2 Å². The summed E-state index contributed by atoms with van der Waals surface area (Å²) in [7, 11) is 0. The standard InChI is InChI=1S/C24H25N3O3/c1-16-8-9-17(2)27(16)26-23(28)19-10-14-21(15-11-19)30-22(18-6-4-3-5-7-18)24(29)25-20-12-13-20/h3-11,14-15,20,22H,12-13H2,1-2H3,(H,25,29)(H,26,28)/t22-/m1/s1. The second kappa shape index (κ2) is 8.45. The molecule has 0 bridgehead atoms. The summed E-state index contributed by atoms with van der Waals surface area (Å²) >= 11 is 0. The van der Waals surface area contributed by atoms with Gasteiger partial charge in [0.2, 0.25) is 6.10 Å². The Bertz CT molecular complexity index is 1020. The third kappa shape index (κ3) is 4.54. The van der Waals surface area contributed by atoms with Crippen molar-refractivity contribution < 1.29 is 14.3 Å². The molecule has 1 aliphatic rings. The monoisotopic (exact) mass is 403 g/mol. The maximum absolute atomic E-state index is 12.7. The van der Waals surface area contributed by atoms with Gasteiger partial charge in [-0.1, -0.05) is 30.3 Å². The minimum absolute atomic E-state index is 0.149. The lowest BCUT2D eigenvalue weighted by Gasteiger charge is -2.19. The van der Waals surface area contributed by atoms with E-state index in [-0.39, 0.29) is 17.9 Å². The van der Waals surface area contributed by atoms with Gasteiger partial charge in [-0.3, -0.25) is 19.7 Å². The van der Waals surface area contributed by atoms with E-state index in [2.05, 4.69) is 10.7 Å². The van der Waals surface area contributed by atoms with Crippen molar-refractivity contribution in [2.24, 2.45) is 0 Å². The molecule has 1 atom stereocenters. The lowest BCUT2D eigenvalue weighted by atomic mass is 10.1. The largest absolute Gasteiger partial charge is 0.476 e. The van der Waals surface area contributed by atoms with Crippen LogP contribution in [0.25, 0.3) is 0 Å². The van der Waals surface area contributed by atoms with Crippen molar-refractivity contribution in [2.75, 3.05) is 5.43 Å². The number of hydrogen-bond donors (Lipinski definition) is 2. The van der Waals surface area contributed by atoms with Crippen LogP contribution in [0.3, 0.4) is 0 Å². The minimum Gasteiger partial charge on any atom is -0.476 e. The quantitative estimate of drug-likeness (QED) is 0.629. The van der Waals surface area contributed by atoms with Crippen molar-refractivity contribution >= 4 is 11.8 Å². The second-order valence-electron chi connectivity index (χ2n) is 7.61. The SMILES string of the molecule is Cc1ccc(C)n1NC(=O)c1ccc(O[C@@H](C(=O)NC2CC2)c2ccccc2)cc1. The Labute approximate surface area is 175 Å². The van der Waals surface area contributed by atoms with Crippen molar-refractivity contribution in [2.45, 2.75) is 38.8 Å². The molecule has 0 aliphatic heterocycles. The molecule has 1 saturated carbocycles. The van der Waals surface area contributed by atoms with Gasteiger partial charge >= 0.3 is 0 Å². The van der Waals surface area contributed by atoms with E-state index in [1.807, 2.05) is 56.3 Å². The molecular weight excluding hydrogens is 378 g/mol. The van der Waals surface area contributed by atoms with Gasteiger partial charge in [0.05, 0.1) is 0 Å². The second-order valence-corrected chi connectivity index (χ2v) is 7.61. The molecule has 6 nitrogen and oxygen atoms in total. The number of nitrogens with one attached hydrogen (secondary N) is 2. The first-order valence-electron chi connectivity index (χ1n) is 10.1. The molecule has 1 aromatic heterocycles. The number of carbonyl (C=O) groups excluding carboxylic acids is 2. The average molecular weight is 403 g/mol. The third-order valence-electron chi connectivity index (χ3n) is 5.12. The van der Waals surface area contributed by atoms with Crippen LogP contribution in [0.15, 0.2) is 66.7 Å². The van der Waals surface area contributed by atoms with Crippen LogP contribution in [-0.4, -0.2) is 22.5 Å². The lowest BCUT2D eigenvalue weighted by Crippen LogP contribution is -2.33. The molecule has 6 heteroatoms. The highest BCUT2D eigenvalue weighted by molar-refractivity contribution is 6.00. The van der Waals surface area contributed by atoms with E-state index in [9.17, 15) is 9.59 Å². The minimum atomic E-state index is -0.739. The zero-order chi connectivity index (χ0) is 21.1. The fourth-order valence-electron chi connectivity index (χ4n) is 3.24. The highest BCUT2D eigenvalue weighted by atomic mass is 16.5. The Kier molecular flexibility index (Phi) is 5.57. The van der Waals surface area contributed by atoms with Crippen molar-refractivity contribution in [3.63, 3.8) is 0 Å². The smallest absolute Gasteiger partial charge is 0.270 e. The first kappa shape index (κ1) is 19.8. The summed E-state index contributed by atoms with van der Waals surface area (Å²) in [5.74, 6) is 0.166. The van der Waals surface area contributed by atoms with Gasteiger partial charge in [0.15, 0.2) is 0 Å². The van der Waals surface area contributed by atoms with Crippen LogP contribution in [0.2, 0.25) is 0 Å². The number of benzene rings is 2. The predicted molar refractivity (Wildman–Crippen MR) is 115 cm³/mol. The first-order chi connectivity index (χ1) is 14.5. The number of nitrogens with zero attached hydrogens (tertiary/aromatic N) is 1. The molecule has 1 aliphatic carbocycles. The molecule has 30 heavy (non-hydrogen) atoms. The van der Waals surface area contributed by atoms with Gasteiger partial charge in [-0.15, -0.1) is 0 Å². The number of aryl methyl sites for hydroxylation is 2. The fourth-order valence-corrected chi connectivity index (χ4v) is 3.24. The third-order valence-corrected chi connectivity index (χ3v) is 5.12. The Morgan fingerprint density at radius 2 is 1.57 bits per heavy atom. The average Bonchev–Trinajstić information content (AvgIpc) is 3.53. The molecule has 0 saturated heterocycles. The van der Waals surface area contributed by atoms with Gasteiger partial charge < -0.3 is 10.1 Å². The summed E-state index contributed by atoms with van der Waals surface area (Å²) in [4.78, 5) is 25.3. The predicted octanol–water partition coefficient (Wildman–Crippen LogP) is 3.89. The summed E-state index contributed by atoms with van der Waals surface area (Å²) in [5, 5.41) is 3.01. The molecule has 0 radical (unpaired) electrons. The summed E-state index contributed by atoms with van der Waals surface area (Å²) < 4.78 is 7.77. The molecule has 154 valence electrons. The molecule has 3 aromatic rings. The van der Waals surface area contributed by atoms with Gasteiger partial charge in [0.25, 0.3) is 11.8 Å². The van der Waals surface area contributed by atoms with E-state index in [0.717, 1.165) is 29.8 Å². The molecule has 1 heterocycles. The van der Waals surface area contributed by atoms with E-state index in [4.69, 9.17) is 4.74 Å². The Hall–Kier alpha value is -3.54. The van der Waals surface area contributed by atoms with Gasteiger partial charge in [-0.25, -0.2) is 0 Å². The van der Waals surface area contributed by atoms with Gasteiger partial charge in [-0.2, -0.15) is 0 Å². The summed E-state index contributed by atoms with van der Waals surface area (Å²) in [6.07, 6.45) is 1.28. The summed E-state index contributed by atoms with van der Waals surface area (Å²) in [5.41, 5.74) is 6.08. The maximum atomic E-state index is 12.7. The highest BCUT2D eigenvalue weighted by Crippen LogP contribution is 2.25. The van der Waals surface area contributed by atoms with Crippen molar-refractivity contribution in [1.82, 2.24) is 9.99 Å². The molecule has 1 fully saturated rings. The van der Waals surface area contributed by atoms with Crippen molar-refractivity contribution in [1.29, 1.82) is 0 Å².